The molecule has 0 aromatic heterocycles. The summed E-state index contributed by atoms with van der Waals surface area (Å²) < 4.78 is 16.9. The summed E-state index contributed by atoms with van der Waals surface area (Å²) in [6.07, 6.45) is 73.1. The first-order chi connectivity index (χ1) is 34.0. The van der Waals surface area contributed by atoms with Crippen LogP contribution in [0.2, 0.25) is 0 Å². The molecular weight excluding hydrogens is 853 g/mol. The molecule has 0 aliphatic carbocycles. The van der Waals surface area contributed by atoms with Gasteiger partial charge < -0.3 is 14.2 Å². The summed E-state index contributed by atoms with van der Waals surface area (Å²) in [6.45, 7) is 6.52. The van der Waals surface area contributed by atoms with Crippen molar-refractivity contribution in [2.24, 2.45) is 0 Å². The largest absolute Gasteiger partial charge is 0.462 e. The van der Waals surface area contributed by atoms with Crippen LogP contribution in [-0.2, 0) is 28.6 Å². The quantitative estimate of drug-likeness (QED) is 0.0199. The predicted octanol–water partition coefficient (Wildman–Crippen LogP) is 19.8. The average molecular weight is 964 g/mol. The molecule has 0 rings (SSSR count). The third-order valence-corrected chi connectivity index (χ3v) is 12.8. The summed E-state index contributed by atoms with van der Waals surface area (Å²) >= 11 is 0. The molecule has 69 heavy (non-hydrogen) atoms. The highest BCUT2D eigenvalue weighted by atomic mass is 16.6. The van der Waals surface area contributed by atoms with Crippen molar-refractivity contribution in [3.63, 3.8) is 0 Å². The molecule has 0 aliphatic rings. The van der Waals surface area contributed by atoms with E-state index in [0.29, 0.717) is 19.3 Å². The fourth-order valence-corrected chi connectivity index (χ4v) is 8.34. The summed E-state index contributed by atoms with van der Waals surface area (Å²) in [5, 5.41) is 0. The molecule has 0 bridgehead atoms. The highest BCUT2D eigenvalue weighted by Crippen LogP contribution is 2.16. The molecule has 0 heterocycles. The van der Waals surface area contributed by atoms with Crippen molar-refractivity contribution in [3.05, 3.63) is 72.9 Å². The van der Waals surface area contributed by atoms with Gasteiger partial charge in [-0.2, -0.15) is 0 Å². The normalized spacial score (nSPS) is 12.6. The Bertz CT molecular complexity index is 1290. The highest BCUT2D eigenvalue weighted by molar-refractivity contribution is 5.71. The molecular formula is C63H110O6. The SMILES string of the molecule is CC/C=C\C/C=C\C/C=C\CCCCCCCCCCCC(=O)OCC(COC(=O)CCCCCCCCCCCCCCCC)OC(=O)CCCCCCC\C=C/C=C\C=C/CCCCCCC. The molecule has 0 saturated heterocycles. The lowest BCUT2D eigenvalue weighted by Crippen LogP contribution is -2.30. The molecule has 0 aromatic carbocycles. The first-order valence-corrected chi connectivity index (χ1v) is 29.5. The van der Waals surface area contributed by atoms with Gasteiger partial charge in [0, 0.05) is 19.3 Å². The second-order valence-electron chi connectivity index (χ2n) is 19.6. The molecule has 0 spiro atoms. The van der Waals surface area contributed by atoms with E-state index in [1.807, 2.05) is 0 Å². The molecule has 0 N–H and O–H groups in total. The maximum absolute atomic E-state index is 12.9. The van der Waals surface area contributed by atoms with Crippen molar-refractivity contribution in [3.8, 4) is 0 Å². The van der Waals surface area contributed by atoms with Gasteiger partial charge >= 0.3 is 17.9 Å². The van der Waals surface area contributed by atoms with Crippen LogP contribution in [0.3, 0.4) is 0 Å². The predicted molar refractivity (Wildman–Crippen MR) is 298 cm³/mol. The van der Waals surface area contributed by atoms with Crippen LogP contribution >= 0.6 is 0 Å². The lowest BCUT2D eigenvalue weighted by atomic mass is 10.0. The minimum Gasteiger partial charge on any atom is -0.462 e. The van der Waals surface area contributed by atoms with Crippen LogP contribution in [0.4, 0.5) is 0 Å². The summed E-state index contributed by atoms with van der Waals surface area (Å²) in [7, 11) is 0. The van der Waals surface area contributed by atoms with E-state index in [9.17, 15) is 14.4 Å². The smallest absolute Gasteiger partial charge is 0.306 e. The molecule has 6 heteroatoms. The van der Waals surface area contributed by atoms with E-state index in [-0.39, 0.29) is 31.1 Å². The third-order valence-electron chi connectivity index (χ3n) is 12.8. The van der Waals surface area contributed by atoms with E-state index < -0.39 is 6.10 Å². The van der Waals surface area contributed by atoms with Gasteiger partial charge in [0.1, 0.15) is 13.2 Å². The van der Waals surface area contributed by atoms with Crippen molar-refractivity contribution >= 4 is 17.9 Å². The number of allylic oxidation sites excluding steroid dienone is 12. The molecule has 6 nitrogen and oxygen atoms in total. The second kappa shape index (κ2) is 57.4. The number of carbonyl (C=O) groups is 3. The number of hydrogen-bond acceptors (Lipinski definition) is 6. The van der Waals surface area contributed by atoms with E-state index >= 15 is 0 Å². The van der Waals surface area contributed by atoms with Gasteiger partial charge in [0.25, 0.3) is 0 Å². The number of hydrogen-bond donors (Lipinski definition) is 0. The van der Waals surface area contributed by atoms with Crippen LogP contribution in [-0.4, -0.2) is 37.2 Å². The Balaban J connectivity index is 4.41. The monoisotopic (exact) mass is 963 g/mol. The topological polar surface area (TPSA) is 78.9 Å². The molecule has 0 fully saturated rings. The number of rotatable bonds is 53. The van der Waals surface area contributed by atoms with Crippen LogP contribution in [0.1, 0.15) is 290 Å². The summed E-state index contributed by atoms with van der Waals surface area (Å²) in [5.41, 5.74) is 0. The van der Waals surface area contributed by atoms with Gasteiger partial charge in [-0.05, 0) is 77.0 Å². The van der Waals surface area contributed by atoms with Crippen molar-refractivity contribution in [1.29, 1.82) is 0 Å². The molecule has 0 radical (unpaired) electrons. The van der Waals surface area contributed by atoms with Gasteiger partial charge in [0.05, 0.1) is 0 Å². The van der Waals surface area contributed by atoms with Crippen molar-refractivity contribution in [2.45, 2.75) is 297 Å². The fraction of sp³-hybridized carbons (Fsp3) is 0.762. The van der Waals surface area contributed by atoms with Gasteiger partial charge in [0.15, 0.2) is 6.10 Å². The zero-order valence-corrected chi connectivity index (χ0v) is 45.6. The minimum atomic E-state index is -0.787. The van der Waals surface area contributed by atoms with Gasteiger partial charge in [-0.15, -0.1) is 0 Å². The number of esters is 3. The molecule has 0 aromatic rings. The van der Waals surface area contributed by atoms with Gasteiger partial charge in [-0.3, -0.25) is 14.4 Å². The molecule has 398 valence electrons. The Morgan fingerprint density at radius 1 is 0.319 bits per heavy atom. The Labute approximate surface area is 427 Å². The molecule has 0 aliphatic heterocycles. The van der Waals surface area contributed by atoms with E-state index in [4.69, 9.17) is 14.2 Å². The van der Waals surface area contributed by atoms with E-state index in [1.54, 1.807) is 0 Å². The number of unbranched alkanes of at least 4 members (excludes halogenated alkanes) is 32. The lowest BCUT2D eigenvalue weighted by molar-refractivity contribution is -0.167. The Morgan fingerprint density at radius 2 is 0.623 bits per heavy atom. The first kappa shape index (κ1) is 65.8. The maximum atomic E-state index is 12.9. The Kier molecular flexibility index (Phi) is 54.8. The number of ether oxygens (including phenoxy) is 3. The van der Waals surface area contributed by atoms with E-state index in [1.165, 1.54) is 148 Å². The van der Waals surface area contributed by atoms with Crippen LogP contribution in [0.15, 0.2) is 72.9 Å². The summed E-state index contributed by atoms with van der Waals surface area (Å²) in [5.74, 6) is -0.897. The molecule has 0 saturated carbocycles. The zero-order valence-electron chi connectivity index (χ0n) is 45.6. The molecule has 0 amide bonds. The Morgan fingerprint density at radius 3 is 1.00 bits per heavy atom. The van der Waals surface area contributed by atoms with Crippen LogP contribution in [0.25, 0.3) is 0 Å². The van der Waals surface area contributed by atoms with Gasteiger partial charge in [0.2, 0.25) is 0 Å². The van der Waals surface area contributed by atoms with Crippen LogP contribution in [0.5, 0.6) is 0 Å². The second-order valence-corrected chi connectivity index (χ2v) is 19.6. The standard InChI is InChI=1S/C63H110O6/c1-4-7-10-13-16-19-22-25-28-30-32-34-35-38-41-44-47-50-53-56-62(65)68-59-60(58-67-61(64)55-52-49-46-43-40-37-27-24-21-18-15-12-9-6-3)69-63(66)57-54-51-48-45-42-39-36-33-31-29-26-23-20-17-14-11-8-5-2/h7,10,16,19,23,25-26,28-29,31,33,36,60H,4-6,8-9,11-15,17-18,20-22,24,27,30,32,34-35,37-59H2,1-3H3/b10-7-,19-16-,26-23-,28-25-,31-29-,36-33-. The van der Waals surface area contributed by atoms with Crippen molar-refractivity contribution in [1.82, 2.24) is 0 Å². The van der Waals surface area contributed by atoms with Crippen molar-refractivity contribution in [2.75, 3.05) is 13.2 Å². The number of carbonyl (C=O) groups excluding carboxylic acids is 3. The van der Waals surface area contributed by atoms with Crippen LogP contribution < -0.4 is 0 Å². The average Bonchev–Trinajstić information content (AvgIpc) is 3.35. The molecule has 1 unspecified atom stereocenters. The van der Waals surface area contributed by atoms with Gasteiger partial charge in [-0.1, -0.05) is 267 Å². The summed E-state index contributed by atoms with van der Waals surface area (Å²) in [4.78, 5) is 38.2. The van der Waals surface area contributed by atoms with Gasteiger partial charge in [-0.25, -0.2) is 0 Å². The van der Waals surface area contributed by atoms with Crippen molar-refractivity contribution < 1.29 is 28.6 Å². The zero-order chi connectivity index (χ0) is 50.0. The lowest BCUT2D eigenvalue weighted by Gasteiger charge is -2.18. The molecule has 1 atom stereocenters. The van der Waals surface area contributed by atoms with E-state index in [2.05, 4.69) is 93.7 Å². The first-order valence-electron chi connectivity index (χ1n) is 29.5. The summed E-state index contributed by atoms with van der Waals surface area (Å²) in [6, 6.07) is 0. The Hall–Kier alpha value is -3.15. The van der Waals surface area contributed by atoms with Crippen LogP contribution in [0, 0.1) is 0 Å². The third kappa shape index (κ3) is 55.6. The fourth-order valence-electron chi connectivity index (χ4n) is 8.34. The minimum absolute atomic E-state index is 0.0830. The highest BCUT2D eigenvalue weighted by Gasteiger charge is 2.19. The van der Waals surface area contributed by atoms with E-state index in [0.717, 1.165) is 103 Å². The maximum Gasteiger partial charge on any atom is 0.306 e.